The Bertz CT molecular complexity index is 434. The molecule has 0 aromatic heterocycles. The second-order valence-corrected chi connectivity index (χ2v) is 5.68. The Hall–Kier alpha value is -1.30. The Morgan fingerprint density at radius 2 is 2.25 bits per heavy atom. The molecule has 20 heavy (non-hydrogen) atoms. The molecule has 0 bridgehead atoms. The lowest BCUT2D eigenvalue weighted by molar-refractivity contribution is 0.163. The monoisotopic (exact) mass is 278 g/mol. The van der Waals surface area contributed by atoms with E-state index in [1.807, 2.05) is 6.07 Å². The lowest BCUT2D eigenvalue weighted by Gasteiger charge is -2.36. The molecule has 1 unspecified atom stereocenters. The summed E-state index contributed by atoms with van der Waals surface area (Å²) >= 11 is 0. The van der Waals surface area contributed by atoms with E-state index in [0.717, 1.165) is 38.5 Å². The molecule has 0 aliphatic carbocycles. The van der Waals surface area contributed by atoms with Gasteiger partial charge in [0, 0.05) is 50.7 Å². The van der Waals surface area contributed by atoms with Crippen molar-refractivity contribution >= 4 is 11.4 Å². The summed E-state index contributed by atoms with van der Waals surface area (Å²) in [4.78, 5) is 4.60. The highest BCUT2D eigenvalue weighted by Crippen LogP contribution is 2.25. The van der Waals surface area contributed by atoms with Gasteiger partial charge >= 0.3 is 0 Å². The second kappa shape index (κ2) is 6.92. The number of ether oxygens (including phenoxy) is 1. The van der Waals surface area contributed by atoms with Crippen LogP contribution in [0.3, 0.4) is 0 Å². The molecule has 1 heterocycles. The van der Waals surface area contributed by atoms with E-state index in [1.165, 1.54) is 11.3 Å². The Morgan fingerprint density at radius 3 is 2.95 bits per heavy atom. The van der Waals surface area contributed by atoms with E-state index in [9.17, 15) is 0 Å². The summed E-state index contributed by atoms with van der Waals surface area (Å²) in [7, 11) is 5.91. The number of hydrogen-bond donors (Lipinski definition) is 2. The number of nitrogens with one attached hydrogen (secondary N) is 1. The number of anilines is 2. The predicted molar refractivity (Wildman–Crippen MR) is 84.1 cm³/mol. The quantitative estimate of drug-likeness (QED) is 0.779. The molecule has 1 fully saturated rings. The molecular formula is C15H26N4O. The Balaban J connectivity index is 2.18. The third-order valence-corrected chi connectivity index (χ3v) is 3.55. The molecule has 0 saturated carbocycles. The number of methoxy groups -OCH3 is 1. The molecule has 1 aliphatic rings. The van der Waals surface area contributed by atoms with Gasteiger partial charge in [0.1, 0.15) is 0 Å². The fourth-order valence-electron chi connectivity index (χ4n) is 2.74. The number of piperazine rings is 1. The third kappa shape index (κ3) is 3.85. The normalized spacial score (nSPS) is 19.6. The molecule has 0 spiro atoms. The maximum absolute atomic E-state index is 5.94. The van der Waals surface area contributed by atoms with Gasteiger partial charge in [-0.25, -0.2) is 0 Å². The fraction of sp³-hybridized carbons (Fsp3) is 0.600. The zero-order valence-electron chi connectivity index (χ0n) is 12.7. The van der Waals surface area contributed by atoms with Crippen molar-refractivity contribution in [3.05, 3.63) is 23.8 Å². The summed E-state index contributed by atoms with van der Waals surface area (Å²) in [5.74, 6) is 0. The average molecular weight is 278 g/mol. The van der Waals surface area contributed by atoms with Gasteiger partial charge in [-0.05, 0) is 37.9 Å². The Morgan fingerprint density at radius 1 is 1.45 bits per heavy atom. The van der Waals surface area contributed by atoms with Crippen LogP contribution in [-0.2, 0) is 11.3 Å². The molecule has 3 N–H and O–H groups in total. The van der Waals surface area contributed by atoms with Gasteiger partial charge in [0.25, 0.3) is 0 Å². The van der Waals surface area contributed by atoms with Crippen molar-refractivity contribution in [1.82, 2.24) is 10.2 Å². The van der Waals surface area contributed by atoms with Crippen molar-refractivity contribution in [1.29, 1.82) is 0 Å². The minimum absolute atomic E-state index is 0.388. The molecule has 1 aromatic rings. The van der Waals surface area contributed by atoms with Crippen molar-refractivity contribution < 1.29 is 4.74 Å². The first-order valence-electron chi connectivity index (χ1n) is 7.10. The number of rotatable bonds is 5. The highest BCUT2D eigenvalue weighted by atomic mass is 16.5. The van der Waals surface area contributed by atoms with E-state index in [4.69, 9.17) is 10.5 Å². The van der Waals surface area contributed by atoms with Gasteiger partial charge in [-0.2, -0.15) is 0 Å². The summed E-state index contributed by atoms with van der Waals surface area (Å²) in [6.45, 7) is 4.62. The van der Waals surface area contributed by atoms with Crippen molar-refractivity contribution in [3.8, 4) is 0 Å². The Labute approximate surface area is 121 Å². The third-order valence-electron chi connectivity index (χ3n) is 3.55. The van der Waals surface area contributed by atoms with Crippen LogP contribution in [-0.4, -0.2) is 58.4 Å². The standard InChI is InChI=1S/C15H26N4O/c1-18(2)9-12-8-13(16)4-5-15(12)19-7-6-17-14(10-19)11-20-3/h4-5,8,14,17H,6-7,9-11,16H2,1-3H3. The molecule has 0 amide bonds. The molecule has 1 saturated heterocycles. The van der Waals surface area contributed by atoms with Gasteiger partial charge in [-0.3, -0.25) is 0 Å². The van der Waals surface area contributed by atoms with Gasteiger partial charge in [-0.1, -0.05) is 0 Å². The summed E-state index contributed by atoms with van der Waals surface area (Å²) in [5.41, 5.74) is 9.34. The first-order chi connectivity index (χ1) is 9.60. The van der Waals surface area contributed by atoms with E-state index in [2.05, 4.69) is 41.3 Å². The van der Waals surface area contributed by atoms with Crippen LogP contribution in [0.2, 0.25) is 0 Å². The molecule has 5 heteroatoms. The van der Waals surface area contributed by atoms with Crippen LogP contribution < -0.4 is 16.0 Å². The summed E-state index contributed by atoms with van der Waals surface area (Å²) in [6.07, 6.45) is 0. The van der Waals surface area contributed by atoms with Gasteiger partial charge in [0.15, 0.2) is 0 Å². The molecule has 112 valence electrons. The van der Waals surface area contributed by atoms with Crippen LogP contribution >= 0.6 is 0 Å². The number of nitrogen functional groups attached to an aromatic ring is 1. The zero-order chi connectivity index (χ0) is 14.5. The van der Waals surface area contributed by atoms with Crippen molar-refractivity contribution in [2.24, 2.45) is 0 Å². The first kappa shape index (κ1) is 15.1. The van der Waals surface area contributed by atoms with E-state index in [-0.39, 0.29) is 0 Å². The minimum Gasteiger partial charge on any atom is -0.399 e. The van der Waals surface area contributed by atoms with Crippen LogP contribution in [0.25, 0.3) is 0 Å². The smallest absolute Gasteiger partial charge is 0.0633 e. The minimum atomic E-state index is 0.388. The van der Waals surface area contributed by atoms with Crippen LogP contribution in [0.1, 0.15) is 5.56 Å². The van der Waals surface area contributed by atoms with Crippen LogP contribution in [0.4, 0.5) is 11.4 Å². The number of benzene rings is 1. The first-order valence-corrected chi connectivity index (χ1v) is 7.10. The van der Waals surface area contributed by atoms with Crippen molar-refractivity contribution in [2.45, 2.75) is 12.6 Å². The average Bonchev–Trinajstić information content (AvgIpc) is 2.39. The molecule has 1 atom stereocenters. The maximum atomic E-state index is 5.94. The fourth-order valence-corrected chi connectivity index (χ4v) is 2.74. The summed E-state index contributed by atoms with van der Waals surface area (Å²) < 4.78 is 5.26. The molecule has 5 nitrogen and oxygen atoms in total. The van der Waals surface area contributed by atoms with Crippen LogP contribution in [0, 0.1) is 0 Å². The van der Waals surface area contributed by atoms with Gasteiger partial charge in [0.2, 0.25) is 0 Å². The highest BCUT2D eigenvalue weighted by molar-refractivity contribution is 5.60. The molecule has 2 rings (SSSR count). The maximum Gasteiger partial charge on any atom is 0.0633 e. The topological polar surface area (TPSA) is 53.8 Å². The van der Waals surface area contributed by atoms with E-state index in [0.29, 0.717) is 6.04 Å². The van der Waals surface area contributed by atoms with Crippen LogP contribution in [0.5, 0.6) is 0 Å². The molecule has 0 radical (unpaired) electrons. The SMILES string of the molecule is COCC1CN(c2ccc(N)cc2CN(C)C)CCN1. The second-order valence-electron chi connectivity index (χ2n) is 5.68. The predicted octanol–water partition coefficient (Wildman–Crippen LogP) is 0.755. The molecule has 1 aromatic carbocycles. The highest BCUT2D eigenvalue weighted by Gasteiger charge is 2.21. The molecular weight excluding hydrogens is 252 g/mol. The van der Waals surface area contributed by atoms with E-state index in [1.54, 1.807) is 7.11 Å². The van der Waals surface area contributed by atoms with Crippen molar-refractivity contribution in [2.75, 3.05) is 58.1 Å². The van der Waals surface area contributed by atoms with Crippen molar-refractivity contribution in [3.63, 3.8) is 0 Å². The zero-order valence-corrected chi connectivity index (χ0v) is 12.7. The van der Waals surface area contributed by atoms with Gasteiger partial charge in [0.05, 0.1) is 6.61 Å². The lowest BCUT2D eigenvalue weighted by atomic mass is 10.1. The van der Waals surface area contributed by atoms with Gasteiger partial charge in [-0.15, -0.1) is 0 Å². The summed E-state index contributed by atoms with van der Waals surface area (Å²) in [6, 6.07) is 6.60. The van der Waals surface area contributed by atoms with E-state index >= 15 is 0 Å². The largest absolute Gasteiger partial charge is 0.399 e. The lowest BCUT2D eigenvalue weighted by Crippen LogP contribution is -2.52. The molecule has 1 aliphatic heterocycles. The number of hydrogen-bond acceptors (Lipinski definition) is 5. The van der Waals surface area contributed by atoms with Crippen LogP contribution in [0.15, 0.2) is 18.2 Å². The van der Waals surface area contributed by atoms with E-state index < -0.39 is 0 Å². The number of nitrogens with zero attached hydrogens (tertiary/aromatic N) is 2. The van der Waals surface area contributed by atoms with Gasteiger partial charge < -0.3 is 25.6 Å². The summed E-state index contributed by atoms with van der Waals surface area (Å²) in [5, 5.41) is 3.49. The Kier molecular flexibility index (Phi) is 5.23. The number of nitrogens with two attached hydrogens (primary N) is 1.